The molecule has 4 N–H and O–H groups in total. The number of nitrogens with one attached hydrogen (secondary N) is 4. The molecule has 4 aromatic rings. The van der Waals surface area contributed by atoms with Gasteiger partial charge in [-0.05, 0) is 33.7 Å². The standard InChI is InChI=1S/C20H20N6O6S2/c1-29-13-5-9-11(23-17(21-9)25-19(27)31-3)7-15(13)33-34-16-8-12-10(6-14(16)30-2)22-18(24-12)26-20(28)32-4/h5-8H,1-4H3,(H2,21,23,25,27)(H2,22,24,26,28). The molecule has 0 aliphatic carbocycles. The largest absolute Gasteiger partial charge is 0.495 e. The Morgan fingerprint density at radius 3 is 1.50 bits per heavy atom. The molecule has 0 saturated carbocycles. The lowest BCUT2D eigenvalue weighted by Crippen LogP contribution is -2.11. The number of benzene rings is 2. The van der Waals surface area contributed by atoms with Crippen molar-refractivity contribution < 1.29 is 28.5 Å². The summed E-state index contributed by atoms with van der Waals surface area (Å²) in [4.78, 5) is 39.3. The van der Waals surface area contributed by atoms with Crippen molar-refractivity contribution in [1.82, 2.24) is 19.9 Å². The molecule has 14 heteroatoms. The van der Waals surface area contributed by atoms with Crippen molar-refractivity contribution in [2.24, 2.45) is 0 Å². The molecule has 2 aromatic carbocycles. The summed E-state index contributed by atoms with van der Waals surface area (Å²) in [5.74, 6) is 1.78. The van der Waals surface area contributed by atoms with Crippen LogP contribution in [-0.2, 0) is 9.47 Å². The molecule has 0 aliphatic rings. The van der Waals surface area contributed by atoms with Gasteiger partial charge in [0.15, 0.2) is 0 Å². The van der Waals surface area contributed by atoms with E-state index in [-0.39, 0.29) is 11.9 Å². The van der Waals surface area contributed by atoms with Crippen LogP contribution in [0.3, 0.4) is 0 Å². The molecule has 0 atom stereocenters. The first-order chi connectivity index (χ1) is 16.4. The smallest absolute Gasteiger partial charge is 0.413 e. The van der Waals surface area contributed by atoms with Crippen molar-refractivity contribution in [2.45, 2.75) is 9.79 Å². The van der Waals surface area contributed by atoms with Crippen LogP contribution in [-0.4, -0.2) is 60.6 Å². The van der Waals surface area contributed by atoms with Crippen LogP contribution < -0.4 is 20.1 Å². The van der Waals surface area contributed by atoms with E-state index in [0.717, 1.165) is 9.79 Å². The van der Waals surface area contributed by atoms with Crippen molar-refractivity contribution in [3.8, 4) is 11.5 Å². The Balaban J connectivity index is 1.59. The van der Waals surface area contributed by atoms with Gasteiger partial charge in [-0.15, -0.1) is 0 Å². The Bertz CT molecular complexity index is 1270. The third kappa shape index (κ3) is 4.92. The van der Waals surface area contributed by atoms with Gasteiger partial charge in [0.25, 0.3) is 0 Å². The number of rotatable bonds is 7. The summed E-state index contributed by atoms with van der Waals surface area (Å²) in [6, 6.07) is 7.30. The van der Waals surface area contributed by atoms with Gasteiger partial charge >= 0.3 is 12.2 Å². The maximum Gasteiger partial charge on any atom is 0.413 e. The lowest BCUT2D eigenvalue weighted by molar-refractivity contribution is 0.186. The highest BCUT2D eigenvalue weighted by molar-refractivity contribution is 8.76. The van der Waals surface area contributed by atoms with E-state index in [9.17, 15) is 9.59 Å². The maximum absolute atomic E-state index is 11.5. The van der Waals surface area contributed by atoms with Crippen LogP contribution in [0.25, 0.3) is 22.1 Å². The number of aromatic nitrogens is 4. The number of aromatic amines is 2. The van der Waals surface area contributed by atoms with E-state index in [0.29, 0.717) is 33.6 Å². The minimum atomic E-state index is -0.623. The van der Waals surface area contributed by atoms with E-state index in [2.05, 4.69) is 40.0 Å². The van der Waals surface area contributed by atoms with E-state index in [1.165, 1.54) is 35.8 Å². The van der Waals surface area contributed by atoms with Crippen molar-refractivity contribution in [2.75, 3.05) is 39.1 Å². The van der Waals surface area contributed by atoms with Crippen molar-refractivity contribution in [1.29, 1.82) is 0 Å². The number of carbonyl (C=O) groups excluding carboxylic acids is 2. The Morgan fingerprint density at radius 1 is 0.735 bits per heavy atom. The fourth-order valence-corrected chi connectivity index (χ4v) is 5.26. The highest BCUT2D eigenvalue weighted by Gasteiger charge is 2.16. The van der Waals surface area contributed by atoms with Crippen LogP contribution in [0.2, 0.25) is 0 Å². The molecule has 0 aliphatic heterocycles. The Hall–Kier alpha value is -3.78. The summed E-state index contributed by atoms with van der Waals surface area (Å²) < 4.78 is 20.3. The fraction of sp³-hybridized carbons (Fsp3) is 0.200. The lowest BCUT2D eigenvalue weighted by atomic mass is 10.3. The van der Waals surface area contributed by atoms with Gasteiger partial charge in [0.2, 0.25) is 11.9 Å². The average molecular weight is 505 g/mol. The van der Waals surface area contributed by atoms with Gasteiger partial charge < -0.3 is 28.9 Å². The van der Waals surface area contributed by atoms with Gasteiger partial charge in [-0.25, -0.2) is 19.6 Å². The van der Waals surface area contributed by atoms with Gasteiger partial charge in [0.1, 0.15) is 11.5 Å². The second-order valence-electron chi connectivity index (χ2n) is 6.61. The van der Waals surface area contributed by atoms with Gasteiger partial charge in [-0.2, -0.15) is 0 Å². The highest BCUT2D eigenvalue weighted by atomic mass is 33.1. The van der Waals surface area contributed by atoms with E-state index < -0.39 is 12.2 Å². The molecule has 34 heavy (non-hydrogen) atoms. The second-order valence-corrected chi connectivity index (χ2v) is 8.82. The Kier molecular flexibility index (Phi) is 6.88. The number of anilines is 2. The number of H-pyrrole nitrogens is 2. The number of hydrogen-bond donors (Lipinski definition) is 4. The molecular weight excluding hydrogens is 484 g/mol. The summed E-state index contributed by atoms with van der Waals surface area (Å²) in [5, 5.41) is 5.01. The average Bonchev–Trinajstić information content (AvgIpc) is 3.42. The van der Waals surface area contributed by atoms with Crippen LogP contribution >= 0.6 is 21.6 Å². The molecule has 2 amide bonds. The summed E-state index contributed by atoms with van der Waals surface area (Å²) >= 11 is 0. The molecule has 4 rings (SSSR count). The number of methoxy groups -OCH3 is 4. The molecule has 0 spiro atoms. The number of imidazole rings is 2. The van der Waals surface area contributed by atoms with Crippen LogP contribution in [0.1, 0.15) is 0 Å². The molecule has 178 valence electrons. The molecule has 12 nitrogen and oxygen atoms in total. The molecule has 0 fully saturated rings. The van der Waals surface area contributed by atoms with E-state index in [1.54, 1.807) is 26.4 Å². The van der Waals surface area contributed by atoms with E-state index >= 15 is 0 Å². The molecule has 2 heterocycles. The van der Waals surface area contributed by atoms with E-state index in [1.807, 2.05) is 12.1 Å². The van der Waals surface area contributed by atoms with Gasteiger partial charge in [-0.1, -0.05) is 0 Å². The number of fused-ring (bicyclic) bond motifs is 2. The minimum Gasteiger partial charge on any atom is -0.495 e. The van der Waals surface area contributed by atoms with Gasteiger partial charge in [-0.3, -0.25) is 10.6 Å². The zero-order chi connectivity index (χ0) is 24.2. The number of nitrogens with zero attached hydrogens (tertiary/aromatic N) is 2. The second kappa shape index (κ2) is 10.0. The van der Waals surface area contributed by atoms with Crippen molar-refractivity contribution in [3.05, 3.63) is 24.3 Å². The SMILES string of the molecule is COC(=O)Nc1nc2cc(SSc3cc4nc(NC(=O)OC)[nH]c4cc3OC)c(OC)cc2[nH]1. The maximum atomic E-state index is 11.5. The zero-order valence-electron chi connectivity index (χ0n) is 18.5. The summed E-state index contributed by atoms with van der Waals surface area (Å²) in [5.41, 5.74) is 2.67. The van der Waals surface area contributed by atoms with Crippen molar-refractivity contribution in [3.63, 3.8) is 0 Å². The zero-order valence-corrected chi connectivity index (χ0v) is 20.1. The molecule has 0 unspecified atom stereocenters. The molecular formula is C20H20N6O6S2. The van der Waals surface area contributed by atoms with Crippen LogP contribution in [0.5, 0.6) is 11.5 Å². The summed E-state index contributed by atoms with van der Waals surface area (Å²) in [6.45, 7) is 0. The van der Waals surface area contributed by atoms with Crippen LogP contribution in [0.4, 0.5) is 21.5 Å². The number of carbonyl (C=O) groups is 2. The number of hydrogen-bond acceptors (Lipinski definition) is 10. The Morgan fingerprint density at radius 2 is 1.15 bits per heavy atom. The third-order valence-corrected chi connectivity index (χ3v) is 6.98. The number of amides is 2. The first-order valence-corrected chi connectivity index (χ1v) is 11.8. The monoisotopic (exact) mass is 504 g/mol. The summed E-state index contributed by atoms with van der Waals surface area (Å²) in [6.07, 6.45) is -1.25. The minimum absolute atomic E-state index is 0.265. The first-order valence-electron chi connectivity index (χ1n) is 9.64. The molecule has 2 aromatic heterocycles. The van der Waals surface area contributed by atoms with E-state index in [4.69, 9.17) is 9.47 Å². The number of ether oxygens (including phenoxy) is 4. The van der Waals surface area contributed by atoms with Gasteiger partial charge in [0, 0.05) is 12.1 Å². The predicted molar refractivity (Wildman–Crippen MR) is 129 cm³/mol. The highest BCUT2D eigenvalue weighted by Crippen LogP contribution is 2.46. The van der Waals surface area contributed by atoms with Gasteiger partial charge in [0.05, 0.1) is 60.3 Å². The third-order valence-electron chi connectivity index (χ3n) is 4.57. The lowest BCUT2D eigenvalue weighted by Gasteiger charge is -2.10. The summed E-state index contributed by atoms with van der Waals surface area (Å²) in [7, 11) is 8.59. The molecule has 0 bridgehead atoms. The quantitative estimate of drug-likeness (QED) is 0.262. The Labute approximate surface area is 200 Å². The molecule has 0 saturated heterocycles. The predicted octanol–water partition coefficient (Wildman–Crippen LogP) is 4.61. The first kappa shape index (κ1) is 23.4. The van der Waals surface area contributed by atoms with Crippen molar-refractivity contribution >= 4 is 67.7 Å². The molecule has 0 radical (unpaired) electrons. The normalized spacial score (nSPS) is 10.8. The van der Waals surface area contributed by atoms with Crippen LogP contribution in [0.15, 0.2) is 34.1 Å². The topological polar surface area (TPSA) is 152 Å². The van der Waals surface area contributed by atoms with Crippen LogP contribution in [0, 0.1) is 0 Å². The fourth-order valence-electron chi connectivity index (χ4n) is 2.99.